The van der Waals surface area contributed by atoms with E-state index < -0.39 is 0 Å². The van der Waals surface area contributed by atoms with Gasteiger partial charge in [-0.3, -0.25) is 4.79 Å². The van der Waals surface area contributed by atoms with E-state index in [2.05, 4.69) is 41.4 Å². The maximum atomic E-state index is 12.1. The Bertz CT molecular complexity index is 973. The second kappa shape index (κ2) is 7.33. The minimum atomic E-state index is 0.0338. The lowest BCUT2D eigenvalue weighted by Crippen LogP contribution is -2.58. The van der Waals surface area contributed by atoms with Crippen LogP contribution in [0.25, 0.3) is 0 Å². The molecular weight excluding hydrogens is 392 g/mol. The van der Waals surface area contributed by atoms with Crippen molar-refractivity contribution in [1.29, 1.82) is 0 Å². The predicted octanol–water partition coefficient (Wildman–Crippen LogP) is 3.35. The molecule has 1 aromatic carbocycles. The van der Waals surface area contributed by atoms with Crippen LogP contribution in [0, 0.1) is 22.7 Å². The van der Waals surface area contributed by atoms with Gasteiger partial charge in [0.2, 0.25) is 5.91 Å². The summed E-state index contributed by atoms with van der Waals surface area (Å²) in [7, 11) is 1.70. The van der Waals surface area contributed by atoms with E-state index in [1.54, 1.807) is 31.4 Å². The maximum Gasteiger partial charge on any atom is 0.217 e. The SMILES string of the molecule is COc1ccc([C@H]2OCC[C@@]34C[C@@H](C[C@H]23)C(C)(C)[C@H]4NC(C)=O)cc1Cn1cncn1. The first kappa shape index (κ1) is 20.5. The van der Waals surface area contributed by atoms with Crippen LogP contribution in [-0.2, 0) is 16.1 Å². The molecule has 1 aliphatic heterocycles. The van der Waals surface area contributed by atoms with Gasteiger partial charge in [-0.25, -0.2) is 9.67 Å². The number of rotatable bonds is 5. The van der Waals surface area contributed by atoms with Crippen molar-refractivity contribution in [2.24, 2.45) is 22.7 Å². The van der Waals surface area contributed by atoms with E-state index in [1.165, 1.54) is 12.0 Å². The van der Waals surface area contributed by atoms with Gasteiger partial charge in [0.25, 0.3) is 0 Å². The van der Waals surface area contributed by atoms with Gasteiger partial charge in [0.1, 0.15) is 18.4 Å². The average molecular weight is 425 g/mol. The minimum Gasteiger partial charge on any atom is -0.496 e. The molecule has 0 unspecified atom stereocenters. The van der Waals surface area contributed by atoms with Crippen LogP contribution in [-0.4, -0.2) is 40.4 Å². The number of hydrogen-bond donors (Lipinski definition) is 1. The molecule has 7 heteroatoms. The number of nitrogens with zero attached hydrogens (tertiary/aromatic N) is 3. The molecule has 2 aromatic rings. The molecule has 2 saturated carbocycles. The zero-order valence-electron chi connectivity index (χ0n) is 18.8. The highest BCUT2D eigenvalue weighted by atomic mass is 16.5. The van der Waals surface area contributed by atoms with Crippen LogP contribution in [0.3, 0.4) is 0 Å². The van der Waals surface area contributed by atoms with Crippen molar-refractivity contribution in [3.05, 3.63) is 42.0 Å². The summed E-state index contributed by atoms with van der Waals surface area (Å²) in [6, 6.07) is 6.57. The highest BCUT2D eigenvalue weighted by Gasteiger charge is 2.68. The van der Waals surface area contributed by atoms with E-state index in [0.717, 1.165) is 30.8 Å². The number of methoxy groups -OCH3 is 1. The molecule has 3 aliphatic rings. The van der Waals surface area contributed by atoms with Gasteiger partial charge < -0.3 is 14.8 Å². The molecule has 1 N–H and O–H groups in total. The summed E-state index contributed by atoms with van der Waals surface area (Å²) in [5.41, 5.74) is 2.47. The van der Waals surface area contributed by atoms with Crippen LogP contribution in [0.1, 0.15) is 57.3 Å². The molecule has 31 heavy (non-hydrogen) atoms. The third-order valence-electron chi connectivity index (χ3n) is 8.28. The second-order valence-electron chi connectivity index (χ2n) is 10.1. The van der Waals surface area contributed by atoms with E-state index >= 15 is 0 Å². The Balaban J connectivity index is 1.49. The van der Waals surface area contributed by atoms with Gasteiger partial charge in [-0.1, -0.05) is 19.9 Å². The number of fused-ring (bicyclic) bond motifs is 1. The van der Waals surface area contributed by atoms with Gasteiger partial charge in [-0.05, 0) is 59.6 Å². The molecule has 2 aliphatic carbocycles. The number of benzene rings is 1. The fourth-order valence-corrected chi connectivity index (χ4v) is 6.91. The number of hydrogen-bond acceptors (Lipinski definition) is 5. The van der Waals surface area contributed by atoms with Crippen LogP contribution >= 0.6 is 0 Å². The van der Waals surface area contributed by atoms with Crippen LogP contribution < -0.4 is 10.1 Å². The predicted molar refractivity (Wildman–Crippen MR) is 115 cm³/mol. The first-order valence-corrected chi connectivity index (χ1v) is 11.2. The number of carbonyl (C=O) groups excluding carboxylic acids is 1. The lowest BCUT2D eigenvalue weighted by Gasteiger charge is -2.53. The van der Waals surface area contributed by atoms with E-state index in [9.17, 15) is 4.79 Å². The Labute approximate surface area is 183 Å². The molecule has 1 amide bonds. The molecule has 2 heterocycles. The lowest BCUT2D eigenvalue weighted by atomic mass is 9.59. The fourth-order valence-electron chi connectivity index (χ4n) is 6.91. The molecule has 7 nitrogen and oxygen atoms in total. The molecule has 5 atom stereocenters. The smallest absolute Gasteiger partial charge is 0.217 e. The summed E-state index contributed by atoms with van der Waals surface area (Å²) in [4.78, 5) is 16.1. The molecule has 5 rings (SSSR count). The first-order chi connectivity index (χ1) is 14.8. The summed E-state index contributed by atoms with van der Waals surface area (Å²) in [6.07, 6.45) is 6.64. The topological polar surface area (TPSA) is 78.3 Å². The Morgan fingerprint density at radius 1 is 1.39 bits per heavy atom. The van der Waals surface area contributed by atoms with Crippen molar-refractivity contribution < 1.29 is 14.3 Å². The second-order valence-corrected chi connectivity index (χ2v) is 10.1. The monoisotopic (exact) mass is 424 g/mol. The Kier molecular flexibility index (Phi) is 4.84. The zero-order valence-corrected chi connectivity index (χ0v) is 18.8. The van der Waals surface area contributed by atoms with Gasteiger partial charge in [0.15, 0.2) is 0 Å². The molecule has 1 aromatic heterocycles. The summed E-state index contributed by atoms with van der Waals surface area (Å²) in [6.45, 7) is 7.63. The minimum absolute atomic E-state index is 0.0338. The number of nitrogens with one attached hydrogen (secondary N) is 1. The Hall–Kier alpha value is -2.41. The van der Waals surface area contributed by atoms with Crippen molar-refractivity contribution >= 4 is 5.91 Å². The van der Waals surface area contributed by atoms with E-state index in [0.29, 0.717) is 18.4 Å². The summed E-state index contributed by atoms with van der Waals surface area (Å²) in [5, 5.41) is 7.60. The third-order valence-corrected chi connectivity index (χ3v) is 8.28. The lowest BCUT2D eigenvalue weighted by molar-refractivity contribution is -0.136. The van der Waals surface area contributed by atoms with Crippen LogP contribution in [0.5, 0.6) is 5.75 Å². The fraction of sp³-hybridized carbons (Fsp3) is 0.625. The van der Waals surface area contributed by atoms with E-state index in [4.69, 9.17) is 9.47 Å². The van der Waals surface area contributed by atoms with Crippen LogP contribution in [0.15, 0.2) is 30.9 Å². The summed E-state index contributed by atoms with van der Waals surface area (Å²) < 4.78 is 13.8. The largest absolute Gasteiger partial charge is 0.496 e. The number of carbonyl (C=O) groups is 1. The molecule has 166 valence electrons. The van der Waals surface area contributed by atoms with Crippen LogP contribution in [0.2, 0.25) is 0 Å². The quantitative estimate of drug-likeness (QED) is 0.796. The van der Waals surface area contributed by atoms with Crippen LogP contribution in [0.4, 0.5) is 0 Å². The Morgan fingerprint density at radius 2 is 2.23 bits per heavy atom. The summed E-state index contributed by atoms with van der Waals surface area (Å²) >= 11 is 0. The van der Waals surface area contributed by atoms with Crippen molar-refractivity contribution in [2.45, 2.75) is 58.7 Å². The third kappa shape index (κ3) is 3.16. The average Bonchev–Trinajstić information content (AvgIpc) is 3.43. The van der Waals surface area contributed by atoms with Gasteiger partial charge in [-0.2, -0.15) is 5.10 Å². The van der Waals surface area contributed by atoms with Gasteiger partial charge in [0.05, 0.1) is 19.8 Å². The standard InChI is InChI=1S/C24H32N4O3/c1-15(29)27-22-23(2,3)18-10-19-21(31-8-7-24(19,22)11-18)16-5-6-20(30-4)17(9-16)12-28-14-25-13-26-28/h5-6,9,13-14,18-19,21-22H,7-8,10-12H2,1-4H3,(H,27,29)/t18-,19-,21-,22-,24-/m1/s1. The number of amides is 1. The first-order valence-electron chi connectivity index (χ1n) is 11.2. The van der Waals surface area contributed by atoms with Crippen molar-refractivity contribution in [3.8, 4) is 5.75 Å². The zero-order chi connectivity index (χ0) is 21.8. The molecule has 3 fully saturated rings. The maximum absolute atomic E-state index is 12.1. The van der Waals surface area contributed by atoms with E-state index in [-0.39, 0.29) is 28.9 Å². The Morgan fingerprint density at radius 3 is 2.94 bits per heavy atom. The van der Waals surface area contributed by atoms with Gasteiger partial charge >= 0.3 is 0 Å². The molecule has 2 bridgehead atoms. The van der Waals surface area contributed by atoms with Gasteiger partial charge in [0, 0.05) is 25.1 Å². The summed E-state index contributed by atoms with van der Waals surface area (Å²) in [5.74, 6) is 1.92. The molecule has 1 spiro atoms. The van der Waals surface area contributed by atoms with Crippen molar-refractivity contribution in [3.63, 3.8) is 0 Å². The van der Waals surface area contributed by atoms with E-state index in [1.807, 2.05) is 6.07 Å². The number of aromatic nitrogens is 3. The number of ether oxygens (including phenoxy) is 2. The normalized spacial score (nSPS) is 33.2. The molecule has 1 saturated heterocycles. The highest BCUT2D eigenvalue weighted by Crippen LogP contribution is 2.70. The molecular formula is C24H32N4O3. The van der Waals surface area contributed by atoms with Crippen molar-refractivity contribution in [1.82, 2.24) is 20.1 Å². The van der Waals surface area contributed by atoms with Gasteiger partial charge in [-0.15, -0.1) is 0 Å². The van der Waals surface area contributed by atoms with Crippen molar-refractivity contribution in [2.75, 3.05) is 13.7 Å². The molecule has 0 radical (unpaired) electrons. The highest BCUT2D eigenvalue weighted by molar-refractivity contribution is 5.73.